The standard InChI is InChI=1S/C9H16O/c1-8-6-4-2-3-5-7-9(8)10/h2-3,8-10H,4-7H2,1H3. The zero-order valence-corrected chi connectivity index (χ0v) is 6.59. The van der Waals surface area contributed by atoms with Gasteiger partial charge < -0.3 is 5.11 Å². The van der Waals surface area contributed by atoms with Gasteiger partial charge in [0.05, 0.1) is 6.10 Å². The van der Waals surface area contributed by atoms with E-state index in [1.54, 1.807) is 0 Å². The average molecular weight is 140 g/mol. The molecular weight excluding hydrogens is 124 g/mol. The summed E-state index contributed by atoms with van der Waals surface area (Å²) in [4.78, 5) is 0. The second-order valence-corrected chi connectivity index (χ2v) is 3.17. The Morgan fingerprint density at radius 2 is 1.80 bits per heavy atom. The molecule has 2 unspecified atom stereocenters. The van der Waals surface area contributed by atoms with Crippen LogP contribution in [-0.4, -0.2) is 11.2 Å². The molecule has 0 saturated heterocycles. The van der Waals surface area contributed by atoms with Crippen LogP contribution in [0.2, 0.25) is 0 Å². The quantitative estimate of drug-likeness (QED) is 0.511. The second kappa shape index (κ2) is 3.77. The Kier molecular flexibility index (Phi) is 2.94. The Morgan fingerprint density at radius 3 is 2.50 bits per heavy atom. The number of hydrogen-bond donors (Lipinski definition) is 1. The van der Waals surface area contributed by atoms with E-state index in [1.807, 2.05) is 0 Å². The third-order valence-corrected chi connectivity index (χ3v) is 2.24. The van der Waals surface area contributed by atoms with Crippen molar-refractivity contribution < 1.29 is 5.11 Å². The Labute approximate surface area is 62.8 Å². The summed E-state index contributed by atoms with van der Waals surface area (Å²) in [7, 11) is 0. The molecule has 1 N–H and O–H groups in total. The predicted octanol–water partition coefficient (Wildman–Crippen LogP) is 2.11. The van der Waals surface area contributed by atoms with Gasteiger partial charge in [-0.3, -0.25) is 0 Å². The minimum Gasteiger partial charge on any atom is -0.393 e. The molecule has 0 fully saturated rings. The summed E-state index contributed by atoms with van der Waals surface area (Å²) in [5.74, 6) is 0.491. The highest BCUT2D eigenvalue weighted by molar-refractivity contribution is 4.86. The lowest BCUT2D eigenvalue weighted by atomic mass is 9.93. The average Bonchev–Trinajstić information content (AvgIpc) is 1.92. The van der Waals surface area contributed by atoms with Crippen molar-refractivity contribution >= 4 is 0 Å². The van der Waals surface area contributed by atoms with Gasteiger partial charge in [-0.05, 0) is 31.6 Å². The van der Waals surface area contributed by atoms with Crippen LogP contribution in [0.3, 0.4) is 0 Å². The monoisotopic (exact) mass is 140 g/mol. The van der Waals surface area contributed by atoms with Gasteiger partial charge >= 0.3 is 0 Å². The minimum atomic E-state index is -0.0649. The molecule has 0 aliphatic heterocycles. The van der Waals surface area contributed by atoms with Gasteiger partial charge in [0.1, 0.15) is 0 Å². The fourth-order valence-electron chi connectivity index (χ4n) is 1.34. The molecule has 0 aromatic rings. The number of allylic oxidation sites excluding steroid dienone is 2. The second-order valence-electron chi connectivity index (χ2n) is 3.17. The predicted molar refractivity (Wildman–Crippen MR) is 42.8 cm³/mol. The van der Waals surface area contributed by atoms with Crippen LogP contribution in [0.5, 0.6) is 0 Å². The molecular formula is C9H16O. The maximum atomic E-state index is 9.45. The van der Waals surface area contributed by atoms with E-state index in [9.17, 15) is 5.11 Å². The van der Waals surface area contributed by atoms with E-state index in [4.69, 9.17) is 0 Å². The van der Waals surface area contributed by atoms with Crippen LogP contribution in [0.15, 0.2) is 12.2 Å². The SMILES string of the molecule is CC1CCC=CCCC1O. The van der Waals surface area contributed by atoms with Crippen molar-refractivity contribution in [1.29, 1.82) is 0 Å². The number of aliphatic hydroxyl groups excluding tert-OH is 1. The first-order valence-electron chi connectivity index (χ1n) is 4.14. The summed E-state index contributed by atoms with van der Waals surface area (Å²) in [5, 5.41) is 9.45. The topological polar surface area (TPSA) is 20.2 Å². The van der Waals surface area contributed by atoms with E-state index in [1.165, 1.54) is 0 Å². The molecule has 2 atom stereocenters. The maximum absolute atomic E-state index is 9.45. The number of aliphatic hydroxyl groups is 1. The van der Waals surface area contributed by atoms with Gasteiger partial charge in [-0.15, -0.1) is 0 Å². The molecule has 0 bridgehead atoms. The van der Waals surface area contributed by atoms with E-state index in [2.05, 4.69) is 19.1 Å². The van der Waals surface area contributed by atoms with Crippen LogP contribution in [0.1, 0.15) is 32.6 Å². The molecule has 0 aromatic heterocycles. The summed E-state index contributed by atoms with van der Waals surface area (Å²) in [6, 6.07) is 0. The van der Waals surface area contributed by atoms with Gasteiger partial charge in [0, 0.05) is 0 Å². The molecule has 0 spiro atoms. The van der Waals surface area contributed by atoms with Crippen LogP contribution in [0.4, 0.5) is 0 Å². The highest BCUT2D eigenvalue weighted by Crippen LogP contribution is 2.18. The third kappa shape index (κ3) is 2.14. The molecule has 58 valence electrons. The summed E-state index contributed by atoms with van der Waals surface area (Å²) in [5.41, 5.74) is 0. The normalized spacial score (nSPS) is 35.0. The lowest BCUT2D eigenvalue weighted by Crippen LogP contribution is -2.17. The Bertz CT molecular complexity index is 104. The Hall–Kier alpha value is -0.300. The molecule has 0 saturated carbocycles. The van der Waals surface area contributed by atoms with Gasteiger partial charge in [0.25, 0.3) is 0 Å². The first-order valence-corrected chi connectivity index (χ1v) is 4.14. The van der Waals surface area contributed by atoms with E-state index >= 15 is 0 Å². The van der Waals surface area contributed by atoms with Gasteiger partial charge in [0.15, 0.2) is 0 Å². The van der Waals surface area contributed by atoms with E-state index < -0.39 is 0 Å². The lowest BCUT2D eigenvalue weighted by molar-refractivity contribution is 0.103. The maximum Gasteiger partial charge on any atom is 0.0568 e. The van der Waals surface area contributed by atoms with Gasteiger partial charge in [-0.1, -0.05) is 19.1 Å². The van der Waals surface area contributed by atoms with Crippen molar-refractivity contribution in [2.24, 2.45) is 5.92 Å². The van der Waals surface area contributed by atoms with Crippen LogP contribution in [0, 0.1) is 5.92 Å². The summed E-state index contributed by atoms with van der Waals surface area (Å²) in [6.07, 6.45) is 8.60. The molecule has 1 rings (SSSR count). The largest absolute Gasteiger partial charge is 0.393 e. The van der Waals surface area contributed by atoms with Crippen molar-refractivity contribution in [2.45, 2.75) is 38.7 Å². The van der Waals surface area contributed by atoms with Gasteiger partial charge in [-0.25, -0.2) is 0 Å². The number of rotatable bonds is 0. The smallest absolute Gasteiger partial charge is 0.0568 e. The zero-order valence-electron chi connectivity index (χ0n) is 6.59. The highest BCUT2D eigenvalue weighted by Gasteiger charge is 2.13. The first-order chi connectivity index (χ1) is 4.80. The van der Waals surface area contributed by atoms with Crippen LogP contribution in [-0.2, 0) is 0 Å². The van der Waals surface area contributed by atoms with Crippen molar-refractivity contribution in [3.8, 4) is 0 Å². The fraction of sp³-hybridized carbons (Fsp3) is 0.778. The first kappa shape index (κ1) is 7.80. The molecule has 1 nitrogen and oxygen atoms in total. The van der Waals surface area contributed by atoms with E-state index in [0.717, 1.165) is 25.7 Å². The summed E-state index contributed by atoms with van der Waals surface area (Å²) < 4.78 is 0. The molecule has 1 aliphatic rings. The molecule has 0 aromatic carbocycles. The van der Waals surface area contributed by atoms with Crippen molar-refractivity contribution in [3.63, 3.8) is 0 Å². The number of hydrogen-bond acceptors (Lipinski definition) is 1. The third-order valence-electron chi connectivity index (χ3n) is 2.24. The van der Waals surface area contributed by atoms with Crippen molar-refractivity contribution in [1.82, 2.24) is 0 Å². The molecule has 10 heavy (non-hydrogen) atoms. The minimum absolute atomic E-state index is 0.0649. The Morgan fingerprint density at radius 1 is 1.20 bits per heavy atom. The molecule has 1 aliphatic carbocycles. The molecule has 0 amide bonds. The fourth-order valence-corrected chi connectivity index (χ4v) is 1.34. The van der Waals surface area contributed by atoms with Crippen LogP contribution < -0.4 is 0 Å². The Balaban J connectivity index is 2.40. The molecule has 0 radical (unpaired) electrons. The van der Waals surface area contributed by atoms with E-state index in [0.29, 0.717) is 5.92 Å². The van der Waals surface area contributed by atoms with Crippen molar-refractivity contribution in [2.75, 3.05) is 0 Å². The summed E-state index contributed by atoms with van der Waals surface area (Å²) >= 11 is 0. The molecule has 1 heteroatoms. The van der Waals surface area contributed by atoms with Crippen LogP contribution in [0.25, 0.3) is 0 Å². The van der Waals surface area contributed by atoms with Gasteiger partial charge in [0.2, 0.25) is 0 Å². The summed E-state index contributed by atoms with van der Waals surface area (Å²) in [6.45, 7) is 2.13. The molecule has 0 heterocycles. The van der Waals surface area contributed by atoms with Crippen molar-refractivity contribution in [3.05, 3.63) is 12.2 Å². The lowest BCUT2D eigenvalue weighted by Gasteiger charge is -2.18. The zero-order chi connectivity index (χ0) is 7.40. The van der Waals surface area contributed by atoms with E-state index in [-0.39, 0.29) is 6.10 Å². The highest BCUT2D eigenvalue weighted by atomic mass is 16.3. The van der Waals surface area contributed by atoms with Crippen LogP contribution >= 0.6 is 0 Å². The van der Waals surface area contributed by atoms with Gasteiger partial charge in [-0.2, -0.15) is 0 Å².